The molecule has 4 nitrogen and oxygen atoms in total. The number of hydrogen-bond acceptors (Lipinski definition) is 5. The second kappa shape index (κ2) is 7.96. The summed E-state index contributed by atoms with van der Waals surface area (Å²) in [5.41, 5.74) is 1.39. The molecular weight excluding hydrogens is 322 g/mol. The molecule has 0 aliphatic heterocycles. The van der Waals surface area contributed by atoms with Crippen LogP contribution >= 0.6 is 23.5 Å². The summed E-state index contributed by atoms with van der Waals surface area (Å²) in [6, 6.07) is 12.5. The molecule has 0 aliphatic rings. The third-order valence-electron chi connectivity index (χ3n) is 2.80. The van der Waals surface area contributed by atoms with E-state index in [0.29, 0.717) is 17.2 Å². The van der Waals surface area contributed by atoms with Gasteiger partial charge >= 0.3 is 5.97 Å². The summed E-state index contributed by atoms with van der Waals surface area (Å²) in [5.74, 6) is 0.420. The van der Waals surface area contributed by atoms with Crippen molar-refractivity contribution in [3.63, 3.8) is 0 Å². The number of rotatable bonds is 6. The minimum Gasteiger partial charge on any atom is -0.496 e. The van der Waals surface area contributed by atoms with Crippen LogP contribution in [0, 0.1) is 0 Å². The number of esters is 1. The van der Waals surface area contributed by atoms with Crippen LogP contribution in [0.4, 0.5) is 5.69 Å². The predicted molar refractivity (Wildman–Crippen MR) is 89.9 cm³/mol. The van der Waals surface area contributed by atoms with Crippen molar-refractivity contribution in [3.8, 4) is 5.75 Å². The molecule has 1 N–H and O–H groups in total. The molecule has 0 heterocycles. The molecule has 6 heteroatoms. The summed E-state index contributed by atoms with van der Waals surface area (Å²) in [7, 11) is 1.61. The van der Waals surface area contributed by atoms with Gasteiger partial charge in [-0.25, -0.2) is 4.79 Å². The second-order valence-electron chi connectivity index (χ2n) is 4.30. The minimum absolute atomic E-state index is 0.321. The van der Waals surface area contributed by atoms with Crippen molar-refractivity contribution in [2.75, 3.05) is 18.4 Å². The highest BCUT2D eigenvalue weighted by atomic mass is 35.5. The molecule has 0 saturated heterocycles. The maximum atomic E-state index is 11.6. The molecule has 22 heavy (non-hydrogen) atoms. The van der Waals surface area contributed by atoms with Crippen LogP contribution in [0.15, 0.2) is 47.4 Å². The third-order valence-corrected chi connectivity index (χ3v) is 3.91. The molecule has 116 valence electrons. The molecule has 0 aromatic heterocycles. The Morgan fingerprint density at radius 3 is 2.59 bits per heavy atom. The fourth-order valence-electron chi connectivity index (χ4n) is 1.73. The van der Waals surface area contributed by atoms with Crippen LogP contribution in [-0.2, 0) is 4.74 Å². The van der Waals surface area contributed by atoms with Crippen molar-refractivity contribution in [2.45, 2.75) is 11.8 Å². The molecule has 0 radical (unpaired) electrons. The standard InChI is InChI=1S/C16H16ClNO3S/c1-3-21-16(19)11-4-7-13(8-5-11)18-22-15-10-12(17)6-9-14(15)20-2/h4-10,18H,3H2,1-2H3. The van der Waals surface area contributed by atoms with Gasteiger partial charge in [0.1, 0.15) is 5.75 Å². The summed E-state index contributed by atoms with van der Waals surface area (Å²) in [6.07, 6.45) is 0. The summed E-state index contributed by atoms with van der Waals surface area (Å²) in [4.78, 5) is 12.5. The van der Waals surface area contributed by atoms with Crippen LogP contribution < -0.4 is 9.46 Å². The second-order valence-corrected chi connectivity index (χ2v) is 5.58. The first kappa shape index (κ1) is 16.5. The van der Waals surface area contributed by atoms with Crippen LogP contribution in [0.3, 0.4) is 0 Å². The molecule has 0 unspecified atom stereocenters. The molecule has 0 bridgehead atoms. The quantitative estimate of drug-likeness (QED) is 0.614. The van der Waals surface area contributed by atoms with Crippen molar-refractivity contribution < 1.29 is 14.3 Å². The fraction of sp³-hybridized carbons (Fsp3) is 0.188. The van der Waals surface area contributed by atoms with E-state index in [1.165, 1.54) is 11.9 Å². The van der Waals surface area contributed by atoms with E-state index >= 15 is 0 Å². The van der Waals surface area contributed by atoms with Crippen molar-refractivity contribution in [2.24, 2.45) is 0 Å². The van der Waals surface area contributed by atoms with Gasteiger partial charge in [0.05, 0.1) is 24.2 Å². The maximum absolute atomic E-state index is 11.6. The number of benzene rings is 2. The lowest BCUT2D eigenvalue weighted by Crippen LogP contribution is -2.04. The molecular formula is C16H16ClNO3S. The van der Waals surface area contributed by atoms with Gasteiger partial charge in [-0.05, 0) is 61.3 Å². The normalized spacial score (nSPS) is 10.1. The van der Waals surface area contributed by atoms with Gasteiger partial charge in [-0.15, -0.1) is 0 Å². The highest BCUT2D eigenvalue weighted by molar-refractivity contribution is 8.00. The Labute approximate surface area is 138 Å². The molecule has 0 amide bonds. The number of methoxy groups -OCH3 is 1. The van der Waals surface area contributed by atoms with E-state index in [2.05, 4.69) is 4.72 Å². The molecule has 0 spiro atoms. The Morgan fingerprint density at radius 2 is 1.95 bits per heavy atom. The highest BCUT2D eigenvalue weighted by Gasteiger charge is 2.07. The number of ether oxygens (including phenoxy) is 2. The van der Waals surface area contributed by atoms with E-state index in [4.69, 9.17) is 21.1 Å². The zero-order valence-electron chi connectivity index (χ0n) is 12.3. The Kier molecular flexibility index (Phi) is 5.98. The van der Waals surface area contributed by atoms with E-state index in [-0.39, 0.29) is 5.97 Å². The van der Waals surface area contributed by atoms with Gasteiger partial charge in [-0.2, -0.15) is 0 Å². The van der Waals surface area contributed by atoms with Crippen molar-refractivity contribution in [3.05, 3.63) is 53.1 Å². The topological polar surface area (TPSA) is 47.6 Å². The van der Waals surface area contributed by atoms with Crippen LogP contribution in [0.25, 0.3) is 0 Å². The van der Waals surface area contributed by atoms with Gasteiger partial charge < -0.3 is 14.2 Å². The van der Waals surface area contributed by atoms with Crippen LogP contribution in [0.2, 0.25) is 5.02 Å². The van der Waals surface area contributed by atoms with Crippen molar-refractivity contribution in [1.82, 2.24) is 0 Å². The summed E-state index contributed by atoms with van der Waals surface area (Å²) in [6.45, 7) is 2.14. The third kappa shape index (κ3) is 4.32. The van der Waals surface area contributed by atoms with Gasteiger partial charge in [-0.3, -0.25) is 0 Å². The van der Waals surface area contributed by atoms with Gasteiger partial charge in [0, 0.05) is 10.7 Å². The Balaban J connectivity index is 2.03. The van der Waals surface area contributed by atoms with Crippen LogP contribution in [0.5, 0.6) is 5.75 Å². The largest absolute Gasteiger partial charge is 0.496 e. The smallest absolute Gasteiger partial charge is 0.338 e. The number of nitrogens with one attached hydrogen (secondary N) is 1. The summed E-state index contributed by atoms with van der Waals surface area (Å²) in [5, 5.41) is 0.641. The maximum Gasteiger partial charge on any atom is 0.338 e. The molecule has 0 saturated carbocycles. The Hall–Kier alpha value is -1.85. The Bertz CT molecular complexity index is 646. The van der Waals surface area contributed by atoms with Gasteiger partial charge in [0.25, 0.3) is 0 Å². The van der Waals surface area contributed by atoms with Crippen molar-refractivity contribution in [1.29, 1.82) is 0 Å². The molecule has 0 aliphatic carbocycles. The number of halogens is 1. The summed E-state index contributed by atoms with van der Waals surface area (Å²) >= 11 is 7.38. The fourth-order valence-corrected chi connectivity index (χ4v) is 2.77. The zero-order chi connectivity index (χ0) is 15.9. The van der Waals surface area contributed by atoms with Crippen LogP contribution in [-0.4, -0.2) is 19.7 Å². The molecule has 2 aromatic carbocycles. The van der Waals surface area contributed by atoms with E-state index in [1.54, 1.807) is 32.2 Å². The lowest BCUT2D eigenvalue weighted by Gasteiger charge is -2.10. The molecule has 0 atom stereocenters. The van der Waals surface area contributed by atoms with Crippen LogP contribution in [0.1, 0.15) is 17.3 Å². The monoisotopic (exact) mass is 337 g/mol. The van der Waals surface area contributed by atoms with Gasteiger partial charge in [0.2, 0.25) is 0 Å². The Morgan fingerprint density at radius 1 is 1.23 bits per heavy atom. The molecule has 2 aromatic rings. The minimum atomic E-state index is -0.321. The highest BCUT2D eigenvalue weighted by Crippen LogP contribution is 2.32. The first-order valence-electron chi connectivity index (χ1n) is 6.67. The zero-order valence-corrected chi connectivity index (χ0v) is 13.8. The molecule has 0 fully saturated rings. The van der Waals surface area contributed by atoms with E-state index < -0.39 is 0 Å². The average molecular weight is 338 g/mol. The number of carbonyl (C=O) groups is 1. The van der Waals surface area contributed by atoms with E-state index in [9.17, 15) is 4.79 Å². The number of hydrogen-bond donors (Lipinski definition) is 1. The first-order chi connectivity index (χ1) is 10.6. The first-order valence-corrected chi connectivity index (χ1v) is 7.87. The average Bonchev–Trinajstić information content (AvgIpc) is 2.54. The van der Waals surface area contributed by atoms with Crippen molar-refractivity contribution >= 4 is 35.2 Å². The lowest BCUT2D eigenvalue weighted by atomic mass is 10.2. The summed E-state index contributed by atoms with van der Waals surface area (Å²) < 4.78 is 13.4. The van der Waals surface area contributed by atoms with E-state index in [1.807, 2.05) is 24.3 Å². The molecule has 2 rings (SSSR count). The SMILES string of the molecule is CCOC(=O)c1ccc(NSc2cc(Cl)ccc2OC)cc1. The number of anilines is 1. The van der Waals surface area contributed by atoms with E-state index in [0.717, 1.165) is 16.3 Å². The predicted octanol–water partition coefficient (Wildman–Crippen LogP) is 4.64. The van der Waals surface area contributed by atoms with Gasteiger partial charge in [0.15, 0.2) is 0 Å². The lowest BCUT2D eigenvalue weighted by molar-refractivity contribution is 0.0526. The van der Waals surface area contributed by atoms with Gasteiger partial charge in [-0.1, -0.05) is 11.6 Å². The number of carbonyl (C=O) groups excluding carboxylic acids is 1.